The fourth-order valence-electron chi connectivity index (χ4n) is 5.02. The molecular formula is C27H38N8O6. The van der Waals surface area contributed by atoms with E-state index < -0.39 is 21.4 Å². The molecule has 0 N–H and O–H groups in total. The van der Waals surface area contributed by atoms with Gasteiger partial charge in [-0.2, -0.15) is 0 Å². The topological polar surface area (TPSA) is 151 Å². The Morgan fingerprint density at radius 3 is 1.46 bits per heavy atom. The lowest BCUT2D eigenvalue weighted by atomic mass is 9.89. The second-order valence-electron chi connectivity index (χ2n) is 12.3. The van der Waals surface area contributed by atoms with Crippen molar-refractivity contribution in [3.05, 3.63) is 55.9 Å². The van der Waals surface area contributed by atoms with Gasteiger partial charge in [0.1, 0.15) is 0 Å². The molecule has 0 radical (unpaired) electrons. The van der Waals surface area contributed by atoms with Gasteiger partial charge < -0.3 is 39.8 Å². The van der Waals surface area contributed by atoms with Crippen LogP contribution in [0.1, 0.15) is 52.9 Å². The van der Waals surface area contributed by atoms with Gasteiger partial charge in [-0.25, -0.2) is 4.79 Å². The maximum absolute atomic E-state index is 13.0. The van der Waals surface area contributed by atoms with Gasteiger partial charge in [-0.05, 0) is 31.9 Å². The van der Waals surface area contributed by atoms with E-state index >= 15 is 0 Å². The summed E-state index contributed by atoms with van der Waals surface area (Å²) in [4.78, 5) is 54.8. The molecule has 14 nitrogen and oxygen atoms in total. The van der Waals surface area contributed by atoms with Crippen molar-refractivity contribution in [2.45, 2.75) is 52.4 Å². The van der Waals surface area contributed by atoms with Crippen LogP contribution in [0.2, 0.25) is 0 Å². The van der Waals surface area contributed by atoms with Crippen LogP contribution in [0.15, 0.2) is 24.3 Å². The fourth-order valence-corrected chi connectivity index (χ4v) is 5.02. The zero-order chi connectivity index (χ0) is 30.1. The molecule has 2 aliphatic rings. The van der Waals surface area contributed by atoms with Crippen molar-refractivity contribution in [1.82, 2.24) is 19.9 Å². The molecule has 4 heterocycles. The number of hydrogen-bond donors (Lipinski definition) is 0. The van der Waals surface area contributed by atoms with Gasteiger partial charge in [0.15, 0.2) is 11.4 Å². The van der Waals surface area contributed by atoms with Crippen molar-refractivity contribution >= 4 is 29.1 Å². The SMILES string of the molecule is CC(C)(C)c1nc([N+](=O)[O-])ccc1N1CCN(OC(=O)N2CCN(c3ccc([N+](=O)[O-])nc3C(C)(C)C)CC2)CC1. The first-order chi connectivity index (χ1) is 19.1. The molecule has 0 aliphatic carbocycles. The van der Waals surface area contributed by atoms with E-state index in [0.29, 0.717) is 63.7 Å². The van der Waals surface area contributed by atoms with Crippen molar-refractivity contribution in [2.24, 2.45) is 0 Å². The predicted octanol–water partition coefficient (Wildman–Crippen LogP) is 3.88. The van der Waals surface area contributed by atoms with Crippen molar-refractivity contribution in [2.75, 3.05) is 62.2 Å². The number of aromatic nitrogens is 2. The summed E-state index contributed by atoms with van der Waals surface area (Å²) in [6, 6.07) is 6.33. The van der Waals surface area contributed by atoms with Crippen molar-refractivity contribution in [3.63, 3.8) is 0 Å². The number of piperazine rings is 2. The summed E-state index contributed by atoms with van der Waals surface area (Å²) in [5.74, 6) is -0.355. The molecule has 41 heavy (non-hydrogen) atoms. The predicted molar refractivity (Wildman–Crippen MR) is 153 cm³/mol. The van der Waals surface area contributed by atoms with Crippen LogP contribution >= 0.6 is 0 Å². The molecule has 0 unspecified atom stereocenters. The average Bonchev–Trinajstić information content (AvgIpc) is 2.92. The first kappa shape index (κ1) is 29.9. The molecule has 1 amide bonds. The number of amides is 1. The van der Waals surface area contributed by atoms with Crippen LogP contribution < -0.4 is 9.80 Å². The normalized spacial score (nSPS) is 17.0. The summed E-state index contributed by atoms with van der Waals surface area (Å²) in [7, 11) is 0. The molecule has 2 fully saturated rings. The molecule has 0 saturated carbocycles. The Morgan fingerprint density at radius 1 is 0.707 bits per heavy atom. The number of hydrogen-bond acceptors (Lipinski definition) is 11. The number of hydroxylamine groups is 2. The Morgan fingerprint density at radius 2 is 1.10 bits per heavy atom. The van der Waals surface area contributed by atoms with Gasteiger partial charge in [0.25, 0.3) is 0 Å². The zero-order valence-corrected chi connectivity index (χ0v) is 24.5. The molecule has 222 valence electrons. The van der Waals surface area contributed by atoms with E-state index in [0.717, 1.165) is 11.4 Å². The molecule has 0 bridgehead atoms. The van der Waals surface area contributed by atoms with E-state index in [4.69, 9.17) is 4.84 Å². The summed E-state index contributed by atoms with van der Waals surface area (Å²) in [6.07, 6.45) is -0.414. The minimum absolute atomic E-state index is 0.175. The molecule has 0 aromatic carbocycles. The highest BCUT2D eigenvalue weighted by Gasteiger charge is 2.34. The fraction of sp³-hybridized carbons (Fsp3) is 0.593. The van der Waals surface area contributed by atoms with Crippen LogP contribution in [0.3, 0.4) is 0 Å². The summed E-state index contributed by atoms with van der Waals surface area (Å²) in [6.45, 7) is 15.9. The second kappa shape index (κ2) is 11.4. The minimum atomic E-state index is -0.487. The molecule has 2 saturated heterocycles. The van der Waals surface area contributed by atoms with E-state index in [1.54, 1.807) is 22.1 Å². The standard InChI is InChI=1S/C27H38N8O6/c1-26(2,3)23-19(7-9-21(28-23)34(37)38)30-11-13-32(14-12-30)25(36)41-33-17-15-31(16-18-33)20-8-10-22(35(39)40)29-24(20)27(4,5)6/h7-10H,11-18H2,1-6H3. The highest BCUT2D eigenvalue weighted by Crippen LogP contribution is 2.34. The van der Waals surface area contributed by atoms with E-state index in [1.807, 2.05) is 41.5 Å². The lowest BCUT2D eigenvalue weighted by molar-refractivity contribution is -0.389. The Balaban J connectivity index is 1.34. The summed E-state index contributed by atoms with van der Waals surface area (Å²) < 4.78 is 0. The van der Waals surface area contributed by atoms with Gasteiger partial charge in [0, 0.05) is 62.2 Å². The van der Waals surface area contributed by atoms with Crippen molar-refractivity contribution in [3.8, 4) is 0 Å². The molecular weight excluding hydrogens is 532 g/mol. The average molecular weight is 571 g/mol. The summed E-state index contributed by atoms with van der Waals surface area (Å²) in [5.41, 5.74) is 2.22. The van der Waals surface area contributed by atoms with Gasteiger partial charge in [0.2, 0.25) is 0 Å². The summed E-state index contributed by atoms with van der Waals surface area (Å²) >= 11 is 0. The molecule has 4 rings (SSSR count). The Hall–Kier alpha value is -4.07. The van der Waals surface area contributed by atoms with E-state index in [-0.39, 0.29) is 17.1 Å². The third kappa shape index (κ3) is 6.81. The van der Waals surface area contributed by atoms with Crippen LogP contribution in [0, 0.1) is 20.2 Å². The minimum Gasteiger partial charge on any atom is -0.365 e. The van der Waals surface area contributed by atoms with Crippen LogP contribution in [0.4, 0.5) is 27.8 Å². The Labute approximate surface area is 239 Å². The van der Waals surface area contributed by atoms with E-state index in [9.17, 15) is 25.0 Å². The second-order valence-corrected chi connectivity index (χ2v) is 12.3. The molecule has 2 aromatic heterocycles. The first-order valence-electron chi connectivity index (χ1n) is 13.7. The summed E-state index contributed by atoms with van der Waals surface area (Å²) in [5, 5.41) is 24.2. The molecule has 0 spiro atoms. The number of anilines is 2. The number of nitrogens with zero attached hydrogens (tertiary/aromatic N) is 8. The highest BCUT2D eigenvalue weighted by molar-refractivity contribution is 5.68. The third-order valence-corrected chi connectivity index (χ3v) is 7.18. The lowest BCUT2D eigenvalue weighted by Gasteiger charge is -2.39. The van der Waals surface area contributed by atoms with Gasteiger partial charge >= 0.3 is 17.7 Å². The Bertz CT molecular complexity index is 1310. The van der Waals surface area contributed by atoms with Gasteiger partial charge in [-0.3, -0.25) is 0 Å². The smallest absolute Gasteiger partial charge is 0.365 e. The maximum atomic E-state index is 13.0. The maximum Gasteiger partial charge on any atom is 0.429 e. The van der Waals surface area contributed by atoms with Crippen LogP contribution in [0.25, 0.3) is 0 Å². The number of pyridine rings is 2. The number of carbonyl (C=O) groups is 1. The number of rotatable bonds is 5. The lowest BCUT2D eigenvalue weighted by Crippen LogP contribution is -2.53. The van der Waals surface area contributed by atoms with Crippen molar-refractivity contribution < 1.29 is 19.5 Å². The zero-order valence-electron chi connectivity index (χ0n) is 24.5. The van der Waals surface area contributed by atoms with E-state index in [1.165, 1.54) is 12.1 Å². The first-order valence-corrected chi connectivity index (χ1v) is 13.7. The van der Waals surface area contributed by atoms with Crippen LogP contribution in [-0.2, 0) is 15.7 Å². The third-order valence-electron chi connectivity index (χ3n) is 7.18. The van der Waals surface area contributed by atoms with Crippen LogP contribution in [-0.4, -0.2) is 88.2 Å². The van der Waals surface area contributed by atoms with Gasteiger partial charge in [-0.15, -0.1) is 5.06 Å². The Kier molecular flexibility index (Phi) is 8.34. The number of nitro groups is 2. The largest absolute Gasteiger partial charge is 0.429 e. The monoisotopic (exact) mass is 570 g/mol. The van der Waals surface area contributed by atoms with Crippen molar-refractivity contribution in [1.29, 1.82) is 0 Å². The highest BCUT2D eigenvalue weighted by atomic mass is 16.7. The van der Waals surface area contributed by atoms with Crippen LogP contribution in [0.5, 0.6) is 0 Å². The molecule has 2 aromatic rings. The quantitative estimate of drug-likeness (QED) is 0.380. The molecule has 14 heteroatoms. The van der Waals surface area contributed by atoms with Gasteiger partial charge in [-0.1, -0.05) is 41.5 Å². The molecule has 0 atom stereocenters. The van der Waals surface area contributed by atoms with Gasteiger partial charge in [0.05, 0.1) is 24.5 Å². The molecule has 2 aliphatic heterocycles. The number of carbonyl (C=O) groups excluding carboxylic acids is 1. The van der Waals surface area contributed by atoms with E-state index in [2.05, 4.69) is 19.8 Å².